The predicted octanol–water partition coefficient (Wildman–Crippen LogP) is 4.51. The van der Waals surface area contributed by atoms with Gasteiger partial charge in [0.2, 0.25) is 0 Å². The second kappa shape index (κ2) is 15.6. The highest BCUT2D eigenvalue weighted by molar-refractivity contribution is 8.18. The van der Waals surface area contributed by atoms with Crippen LogP contribution in [0.25, 0.3) is 34.0 Å². The molecule has 0 aliphatic carbocycles. The standard InChI is InChI=1S/2C18H16N4O4S/c23-16-14(27-18(26)21-16)8-10-1-2-13-12(7-10)15(20-9-19-13)22-5-3-11(4-6-22)17(24)25;23-16-14(27-18(26)21-16)7-10-3-4-13-12(6-10)15(20-9-19-13)22-5-1-2-11(8-22)17(24)25/h1-2,7-9,11H,3-6H2,(H,24,25)(H,21,23,26);3-4,6-7,9,11H,1-2,5,8H2,(H,24,25)(H,21,23,26). The third-order valence-electron chi connectivity index (χ3n) is 9.37. The fourth-order valence-electron chi connectivity index (χ4n) is 6.66. The maximum atomic E-state index is 11.8. The Labute approximate surface area is 315 Å². The summed E-state index contributed by atoms with van der Waals surface area (Å²) < 4.78 is 0. The van der Waals surface area contributed by atoms with Crippen LogP contribution in [0.1, 0.15) is 36.8 Å². The molecule has 54 heavy (non-hydrogen) atoms. The lowest BCUT2D eigenvalue weighted by Gasteiger charge is -2.32. The maximum Gasteiger partial charge on any atom is 0.308 e. The molecule has 276 valence electrons. The number of benzene rings is 2. The van der Waals surface area contributed by atoms with Crippen LogP contribution in [-0.2, 0) is 19.2 Å². The zero-order chi connectivity index (χ0) is 37.9. The molecule has 6 heterocycles. The predicted molar refractivity (Wildman–Crippen MR) is 202 cm³/mol. The minimum Gasteiger partial charge on any atom is -0.481 e. The number of anilines is 2. The van der Waals surface area contributed by atoms with Crippen molar-refractivity contribution in [2.24, 2.45) is 11.8 Å². The van der Waals surface area contributed by atoms with Crippen molar-refractivity contribution < 1.29 is 39.0 Å². The molecule has 1 atom stereocenters. The summed E-state index contributed by atoms with van der Waals surface area (Å²) in [5.41, 5.74) is 3.02. The summed E-state index contributed by atoms with van der Waals surface area (Å²) in [6.07, 6.45) is 8.87. The third kappa shape index (κ3) is 8.03. The number of fused-ring (bicyclic) bond motifs is 2. The van der Waals surface area contributed by atoms with Crippen molar-refractivity contribution in [3.05, 3.63) is 70.0 Å². The Bertz CT molecular complexity index is 2290. The molecular weight excluding hydrogens is 737 g/mol. The van der Waals surface area contributed by atoms with E-state index in [-0.39, 0.29) is 16.4 Å². The van der Waals surface area contributed by atoms with Gasteiger partial charge >= 0.3 is 11.9 Å². The molecule has 4 aromatic rings. The Morgan fingerprint density at radius 2 is 1.17 bits per heavy atom. The fourth-order valence-corrected chi connectivity index (χ4v) is 8.02. The molecule has 0 saturated carbocycles. The summed E-state index contributed by atoms with van der Waals surface area (Å²) in [6, 6.07) is 11.1. The van der Waals surface area contributed by atoms with Crippen LogP contribution in [0.5, 0.6) is 0 Å². The van der Waals surface area contributed by atoms with Crippen molar-refractivity contribution in [1.82, 2.24) is 30.6 Å². The van der Waals surface area contributed by atoms with Gasteiger partial charge in [-0.05, 0) is 96.8 Å². The highest BCUT2D eigenvalue weighted by Crippen LogP contribution is 2.32. The third-order valence-corrected chi connectivity index (χ3v) is 11.0. The quantitative estimate of drug-likeness (QED) is 0.198. The van der Waals surface area contributed by atoms with E-state index in [0.717, 1.165) is 75.2 Å². The SMILES string of the molecule is O=C1NC(=O)C(=Cc2ccc3ncnc(N4CCC(C(=O)O)CC4)c3c2)S1.O=C1NC(=O)C(=Cc2ccc3ncnc(N4CCCC(C(=O)O)C4)c3c2)S1. The van der Waals surface area contributed by atoms with Gasteiger partial charge in [-0.15, -0.1) is 0 Å². The minimum absolute atomic E-state index is 0.315. The number of carbonyl (C=O) groups is 6. The molecule has 18 heteroatoms. The molecule has 4 aliphatic rings. The van der Waals surface area contributed by atoms with Crippen LogP contribution >= 0.6 is 23.5 Å². The summed E-state index contributed by atoms with van der Waals surface area (Å²) in [4.78, 5) is 90.8. The number of aromatic nitrogens is 4. The average molecular weight is 769 g/mol. The molecule has 4 fully saturated rings. The Morgan fingerprint density at radius 1 is 0.667 bits per heavy atom. The van der Waals surface area contributed by atoms with E-state index in [0.29, 0.717) is 54.5 Å². The van der Waals surface area contributed by atoms with Crippen LogP contribution in [0.15, 0.2) is 58.9 Å². The first kappa shape index (κ1) is 36.5. The number of thioether (sulfide) groups is 2. The van der Waals surface area contributed by atoms with Crippen molar-refractivity contribution in [2.75, 3.05) is 36.0 Å². The summed E-state index contributed by atoms with van der Waals surface area (Å²) in [5.74, 6) is -1.64. The molecule has 0 radical (unpaired) electrons. The topological polar surface area (TPSA) is 225 Å². The number of rotatable bonds is 6. The van der Waals surface area contributed by atoms with E-state index in [1.807, 2.05) is 41.3 Å². The number of hydrogen-bond acceptors (Lipinski definition) is 14. The number of nitrogens with one attached hydrogen (secondary N) is 2. The molecule has 0 spiro atoms. The molecule has 4 N–H and O–H groups in total. The lowest BCUT2D eigenvalue weighted by molar-refractivity contribution is -0.143. The van der Waals surface area contributed by atoms with E-state index in [1.165, 1.54) is 12.7 Å². The Hall–Kier alpha value is -5.88. The second-order valence-corrected chi connectivity index (χ2v) is 14.9. The smallest absolute Gasteiger partial charge is 0.308 e. The lowest BCUT2D eigenvalue weighted by atomic mass is 9.97. The molecule has 2 aromatic carbocycles. The number of amides is 4. The van der Waals surface area contributed by atoms with E-state index in [4.69, 9.17) is 5.11 Å². The number of carboxylic acid groups (broad SMARTS) is 2. The first-order valence-electron chi connectivity index (χ1n) is 17.0. The number of aliphatic carboxylic acids is 2. The van der Waals surface area contributed by atoms with Crippen molar-refractivity contribution in [1.29, 1.82) is 0 Å². The second-order valence-electron chi connectivity index (χ2n) is 12.9. The number of nitrogens with zero attached hydrogens (tertiary/aromatic N) is 6. The summed E-state index contributed by atoms with van der Waals surface area (Å²) in [6.45, 7) is 2.36. The Balaban J connectivity index is 0.000000167. The van der Waals surface area contributed by atoms with Crippen molar-refractivity contribution in [3.63, 3.8) is 0 Å². The van der Waals surface area contributed by atoms with E-state index in [9.17, 15) is 33.9 Å². The first-order valence-corrected chi connectivity index (χ1v) is 18.6. The van der Waals surface area contributed by atoms with Crippen LogP contribution in [0.4, 0.5) is 21.2 Å². The van der Waals surface area contributed by atoms with E-state index in [2.05, 4.69) is 35.5 Å². The molecule has 1 unspecified atom stereocenters. The van der Waals surface area contributed by atoms with Crippen LogP contribution in [0.2, 0.25) is 0 Å². The summed E-state index contributed by atoms with van der Waals surface area (Å²) >= 11 is 1.74. The number of carboxylic acids is 2. The van der Waals surface area contributed by atoms with Gasteiger partial charge in [-0.25, -0.2) is 19.9 Å². The van der Waals surface area contributed by atoms with Gasteiger partial charge in [0.15, 0.2) is 0 Å². The summed E-state index contributed by atoms with van der Waals surface area (Å²) in [5, 5.41) is 23.8. The van der Waals surface area contributed by atoms with Gasteiger partial charge in [0.1, 0.15) is 24.3 Å². The first-order chi connectivity index (χ1) is 26.0. The normalized spacial score (nSPS) is 20.7. The molecule has 2 aromatic heterocycles. The van der Waals surface area contributed by atoms with Crippen LogP contribution in [0.3, 0.4) is 0 Å². The lowest BCUT2D eigenvalue weighted by Crippen LogP contribution is -2.39. The zero-order valence-corrected chi connectivity index (χ0v) is 30.1. The highest BCUT2D eigenvalue weighted by atomic mass is 32.2. The van der Waals surface area contributed by atoms with Gasteiger partial charge < -0.3 is 20.0 Å². The van der Waals surface area contributed by atoms with Crippen molar-refractivity contribution >= 4 is 103 Å². The number of hydrogen-bond donors (Lipinski definition) is 4. The average Bonchev–Trinajstić information content (AvgIpc) is 3.67. The van der Waals surface area contributed by atoms with Crippen LogP contribution < -0.4 is 20.4 Å². The van der Waals surface area contributed by atoms with Crippen LogP contribution in [0, 0.1) is 11.8 Å². The van der Waals surface area contributed by atoms with Gasteiger partial charge in [0, 0.05) is 37.0 Å². The Morgan fingerprint density at radius 3 is 1.63 bits per heavy atom. The van der Waals surface area contributed by atoms with Crippen molar-refractivity contribution in [2.45, 2.75) is 25.7 Å². The van der Waals surface area contributed by atoms with E-state index < -0.39 is 29.7 Å². The van der Waals surface area contributed by atoms with Gasteiger partial charge in [0.05, 0.1) is 32.7 Å². The van der Waals surface area contributed by atoms with E-state index in [1.54, 1.807) is 12.2 Å². The van der Waals surface area contributed by atoms with Gasteiger partial charge in [0.25, 0.3) is 22.3 Å². The largest absolute Gasteiger partial charge is 0.481 e. The molecule has 4 aliphatic heterocycles. The van der Waals surface area contributed by atoms with Gasteiger partial charge in [-0.2, -0.15) is 0 Å². The number of carbonyl (C=O) groups excluding carboxylic acids is 4. The maximum absolute atomic E-state index is 11.8. The highest BCUT2D eigenvalue weighted by Gasteiger charge is 2.29. The molecule has 16 nitrogen and oxygen atoms in total. The molecule has 4 saturated heterocycles. The van der Waals surface area contributed by atoms with Gasteiger partial charge in [-0.1, -0.05) is 12.1 Å². The fraction of sp³-hybridized carbons (Fsp3) is 0.278. The van der Waals surface area contributed by atoms with Gasteiger partial charge in [-0.3, -0.25) is 39.4 Å². The molecule has 8 rings (SSSR count). The van der Waals surface area contributed by atoms with E-state index >= 15 is 0 Å². The number of piperidine rings is 2. The van der Waals surface area contributed by atoms with Crippen molar-refractivity contribution in [3.8, 4) is 0 Å². The monoisotopic (exact) mass is 768 g/mol. The summed E-state index contributed by atoms with van der Waals surface area (Å²) in [7, 11) is 0. The molecule has 0 bridgehead atoms. The molecule has 4 amide bonds. The molecular formula is C36H32N8O8S2. The Kier molecular flexibility index (Phi) is 10.5. The number of imide groups is 2. The van der Waals surface area contributed by atoms with Crippen LogP contribution in [-0.4, -0.2) is 90.6 Å². The zero-order valence-electron chi connectivity index (χ0n) is 28.4. The minimum atomic E-state index is -0.794.